The maximum Gasteiger partial charge on any atom is 0.285 e. The fourth-order valence-corrected chi connectivity index (χ4v) is 1.21. The summed E-state index contributed by atoms with van der Waals surface area (Å²) in [6, 6.07) is 2.65. The van der Waals surface area contributed by atoms with E-state index in [0.29, 0.717) is 6.07 Å². The minimum atomic E-state index is -0.842. The van der Waals surface area contributed by atoms with Gasteiger partial charge < -0.3 is 5.32 Å². The predicted octanol–water partition coefficient (Wildman–Crippen LogP) is 1.77. The summed E-state index contributed by atoms with van der Waals surface area (Å²) in [7, 11) is 0. The highest BCUT2D eigenvalue weighted by atomic mass is 19.1. The average Bonchev–Trinajstić information content (AvgIpc) is 2.34. The summed E-state index contributed by atoms with van der Waals surface area (Å²) in [6.45, 7) is 0.0641. The lowest BCUT2D eigenvalue weighted by molar-refractivity contribution is -0.385. The molecule has 0 fully saturated rings. The lowest BCUT2D eigenvalue weighted by Crippen LogP contribution is -2.26. The van der Waals surface area contributed by atoms with Gasteiger partial charge in [-0.1, -0.05) is 5.11 Å². The molecule has 0 aromatic heterocycles. The van der Waals surface area contributed by atoms with Gasteiger partial charge in [0.2, 0.25) is 0 Å². The van der Waals surface area contributed by atoms with E-state index >= 15 is 0 Å². The first kappa shape index (κ1) is 13.4. The van der Waals surface area contributed by atoms with Gasteiger partial charge in [-0.15, -0.1) is 0 Å². The molecule has 1 amide bonds. The Bertz CT molecular complexity index is 527. The molecule has 0 aliphatic carbocycles. The van der Waals surface area contributed by atoms with Crippen LogP contribution < -0.4 is 5.32 Å². The lowest BCUT2D eigenvalue weighted by atomic mass is 10.1. The molecule has 1 N–H and O–H groups in total. The summed E-state index contributed by atoms with van der Waals surface area (Å²) in [5, 5.41) is 16.1. The molecule has 0 unspecified atom stereocenters. The second-order valence-corrected chi connectivity index (χ2v) is 3.13. The van der Waals surface area contributed by atoms with E-state index in [2.05, 4.69) is 15.3 Å². The van der Waals surface area contributed by atoms with Crippen LogP contribution >= 0.6 is 0 Å². The summed E-state index contributed by atoms with van der Waals surface area (Å²) in [5.74, 6) is -1.53. The van der Waals surface area contributed by atoms with Crippen molar-refractivity contribution in [3.05, 3.63) is 50.1 Å². The molecule has 94 valence electrons. The molecule has 0 bridgehead atoms. The normalized spacial score (nSPS) is 9.39. The Labute approximate surface area is 100 Å². The van der Waals surface area contributed by atoms with Crippen LogP contribution in [-0.2, 0) is 0 Å². The highest BCUT2D eigenvalue weighted by Crippen LogP contribution is 2.19. The van der Waals surface area contributed by atoms with Gasteiger partial charge in [-0.2, -0.15) is 0 Å². The van der Waals surface area contributed by atoms with Crippen molar-refractivity contribution >= 4 is 11.6 Å². The van der Waals surface area contributed by atoms with Crippen LogP contribution in [0.15, 0.2) is 23.3 Å². The van der Waals surface area contributed by atoms with E-state index in [-0.39, 0.29) is 18.7 Å². The molecule has 0 atom stereocenters. The lowest BCUT2D eigenvalue weighted by Gasteiger charge is -2.04. The van der Waals surface area contributed by atoms with Crippen molar-refractivity contribution in [3.63, 3.8) is 0 Å². The maximum atomic E-state index is 12.8. The minimum absolute atomic E-state index is 0.0250. The Hall–Kier alpha value is -2.67. The van der Waals surface area contributed by atoms with Gasteiger partial charge in [0.05, 0.1) is 11.0 Å². The second kappa shape index (κ2) is 6.16. The van der Waals surface area contributed by atoms with Crippen molar-refractivity contribution in [1.82, 2.24) is 5.32 Å². The van der Waals surface area contributed by atoms with Crippen LogP contribution in [0.3, 0.4) is 0 Å². The number of nitrogens with one attached hydrogen (secondary N) is 1. The number of azide groups is 1. The van der Waals surface area contributed by atoms with Gasteiger partial charge >= 0.3 is 0 Å². The largest absolute Gasteiger partial charge is 0.352 e. The van der Waals surface area contributed by atoms with Crippen LogP contribution in [0.2, 0.25) is 0 Å². The smallest absolute Gasteiger partial charge is 0.285 e. The van der Waals surface area contributed by atoms with E-state index in [1.807, 2.05) is 0 Å². The second-order valence-electron chi connectivity index (χ2n) is 3.13. The molecule has 1 aromatic carbocycles. The molecular weight excluding hydrogens is 245 g/mol. The molecule has 18 heavy (non-hydrogen) atoms. The molecule has 0 saturated heterocycles. The fraction of sp³-hybridized carbons (Fsp3) is 0.222. The van der Waals surface area contributed by atoms with E-state index in [0.717, 1.165) is 12.1 Å². The molecule has 1 aromatic rings. The number of nitro benzene ring substituents is 1. The minimum Gasteiger partial charge on any atom is -0.352 e. The third-order valence-electron chi connectivity index (χ3n) is 1.96. The topological polar surface area (TPSA) is 121 Å². The molecule has 0 radical (unpaired) electrons. The molecular formula is C9H8FN5O3. The zero-order chi connectivity index (χ0) is 13.5. The van der Waals surface area contributed by atoms with Crippen LogP contribution in [0, 0.1) is 15.9 Å². The van der Waals surface area contributed by atoms with E-state index < -0.39 is 22.3 Å². The Morgan fingerprint density at radius 2 is 2.33 bits per heavy atom. The molecule has 0 aliphatic heterocycles. The standard InChI is InChI=1S/C9H8FN5O3/c10-6-1-2-7(8(5-6)15(17)18)9(16)12-3-4-13-14-11/h1-2,5H,3-4H2,(H,12,16). The molecule has 8 nitrogen and oxygen atoms in total. The van der Waals surface area contributed by atoms with Crippen molar-refractivity contribution in [3.8, 4) is 0 Å². The first-order chi connectivity index (χ1) is 8.56. The van der Waals surface area contributed by atoms with Gasteiger partial charge in [-0.05, 0) is 17.7 Å². The summed E-state index contributed by atoms with van der Waals surface area (Å²) in [6.07, 6.45) is 0. The summed E-state index contributed by atoms with van der Waals surface area (Å²) < 4.78 is 12.8. The number of nitrogens with zero attached hydrogens (tertiary/aromatic N) is 4. The van der Waals surface area contributed by atoms with E-state index in [4.69, 9.17) is 5.53 Å². The molecule has 9 heteroatoms. The van der Waals surface area contributed by atoms with E-state index in [1.54, 1.807) is 0 Å². The van der Waals surface area contributed by atoms with E-state index in [9.17, 15) is 19.3 Å². The maximum absolute atomic E-state index is 12.8. The zero-order valence-electron chi connectivity index (χ0n) is 9.04. The molecule has 0 saturated carbocycles. The monoisotopic (exact) mass is 253 g/mol. The highest BCUT2D eigenvalue weighted by molar-refractivity contribution is 5.98. The number of hydrogen-bond acceptors (Lipinski definition) is 4. The fourth-order valence-electron chi connectivity index (χ4n) is 1.21. The van der Waals surface area contributed by atoms with E-state index in [1.165, 1.54) is 0 Å². The van der Waals surface area contributed by atoms with Gasteiger partial charge in [0.25, 0.3) is 11.6 Å². The highest BCUT2D eigenvalue weighted by Gasteiger charge is 2.20. The van der Waals surface area contributed by atoms with Crippen LogP contribution in [0.5, 0.6) is 0 Å². The number of carbonyl (C=O) groups is 1. The van der Waals surface area contributed by atoms with Gasteiger partial charge in [0, 0.05) is 18.0 Å². The van der Waals surface area contributed by atoms with Crippen molar-refractivity contribution in [2.45, 2.75) is 0 Å². The van der Waals surface area contributed by atoms with Crippen LogP contribution in [-0.4, -0.2) is 23.9 Å². The van der Waals surface area contributed by atoms with Gasteiger partial charge in [-0.25, -0.2) is 4.39 Å². The van der Waals surface area contributed by atoms with Crippen LogP contribution in [0.4, 0.5) is 10.1 Å². The van der Waals surface area contributed by atoms with Crippen molar-refractivity contribution in [1.29, 1.82) is 0 Å². The van der Waals surface area contributed by atoms with Crippen molar-refractivity contribution in [2.75, 3.05) is 13.1 Å². The van der Waals surface area contributed by atoms with Crippen molar-refractivity contribution < 1.29 is 14.1 Å². The number of carbonyl (C=O) groups excluding carboxylic acids is 1. The zero-order valence-corrected chi connectivity index (χ0v) is 9.04. The van der Waals surface area contributed by atoms with Gasteiger partial charge in [0.15, 0.2) is 0 Å². The predicted molar refractivity (Wildman–Crippen MR) is 59.4 cm³/mol. The Balaban J connectivity index is 2.85. The summed E-state index contributed by atoms with van der Waals surface area (Å²) >= 11 is 0. The number of nitro groups is 1. The number of halogens is 1. The Morgan fingerprint density at radius 3 is 2.94 bits per heavy atom. The Kier molecular flexibility index (Phi) is 4.58. The van der Waals surface area contributed by atoms with Gasteiger partial charge in [0.1, 0.15) is 11.4 Å². The third kappa shape index (κ3) is 3.42. The number of hydrogen-bond donors (Lipinski definition) is 1. The first-order valence-corrected chi connectivity index (χ1v) is 4.79. The van der Waals surface area contributed by atoms with Gasteiger partial charge in [-0.3, -0.25) is 14.9 Å². The van der Waals surface area contributed by atoms with Crippen LogP contribution in [0.1, 0.15) is 10.4 Å². The third-order valence-corrected chi connectivity index (χ3v) is 1.96. The average molecular weight is 253 g/mol. The molecule has 0 heterocycles. The summed E-state index contributed by atoms with van der Waals surface area (Å²) in [4.78, 5) is 23.9. The number of rotatable bonds is 5. The quantitative estimate of drug-likeness (QED) is 0.215. The number of benzene rings is 1. The first-order valence-electron chi connectivity index (χ1n) is 4.79. The molecule has 0 spiro atoms. The molecule has 1 rings (SSSR count). The van der Waals surface area contributed by atoms with Crippen molar-refractivity contribution in [2.24, 2.45) is 5.11 Å². The SMILES string of the molecule is [N-]=[N+]=NCCNC(=O)c1ccc(F)cc1[N+](=O)[O-]. The summed E-state index contributed by atoms with van der Waals surface area (Å²) in [5.41, 5.74) is 7.15. The molecule has 0 aliphatic rings. The Morgan fingerprint density at radius 1 is 1.61 bits per heavy atom. The number of amides is 1. The van der Waals surface area contributed by atoms with Crippen LogP contribution in [0.25, 0.3) is 10.4 Å².